The van der Waals surface area contributed by atoms with Crippen LogP contribution in [-0.2, 0) is 4.79 Å². The second-order valence-electron chi connectivity index (χ2n) is 6.00. The summed E-state index contributed by atoms with van der Waals surface area (Å²) in [6.07, 6.45) is 0. The average molecular weight is 383 g/mol. The topological polar surface area (TPSA) is 71.6 Å². The molecular weight excluding hydrogens is 362 g/mol. The van der Waals surface area contributed by atoms with Crippen molar-refractivity contribution >= 4 is 28.9 Å². The molecule has 1 heterocycles. The van der Waals surface area contributed by atoms with Crippen LogP contribution in [0.1, 0.15) is 18.5 Å². The van der Waals surface area contributed by atoms with E-state index in [9.17, 15) is 4.79 Å². The highest BCUT2D eigenvalue weighted by atomic mass is 32.1. The van der Waals surface area contributed by atoms with Crippen molar-refractivity contribution in [3.8, 4) is 11.5 Å². The monoisotopic (exact) mass is 383 g/mol. The van der Waals surface area contributed by atoms with Crippen LogP contribution in [0.4, 0.5) is 5.69 Å². The van der Waals surface area contributed by atoms with Crippen molar-refractivity contribution in [1.82, 2.24) is 10.6 Å². The summed E-state index contributed by atoms with van der Waals surface area (Å²) in [5.74, 6) is 1.11. The van der Waals surface area contributed by atoms with E-state index < -0.39 is 6.04 Å². The normalized spacial score (nSPS) is 16.3. The van der Waals surface area contributed by atoms with Crippen molar-refractivity contribution in [2.75, 3.05) is 19.5 Å². The molecule has 0 fully saturated rings. The molecule has 3 rings (SSSR count). The van der Waals surface area contributed by atoms with E-state index in [1.54, 1.807) is 20.3 Å². The summed E-state index contributed by atoms with van der Waals surface area (Å²) in [6.45, 7) is 1.83. The lowest BCUT2D eigenvalue weighted by Crippen LogP contribution is -2.45. The number of carbonyl (C=O) groups is 1. The lowest BCUT2D eigenvalue weighted by Gasteiger charge is -2.31. The van der Waals surface area contributed by atoms with Crippen LogP contribution in [0.3, 0.4) is 0 Å². The van der Waals surface area contributed by atoms with Gasteiger partial charge in [-0.05, 0) is 37.3 Å². The fourth-order valence-corrected chi connectivity index (χ4v) is 3.30. The van der Waals surface area contributed by atoms with Crippen LogP contribution in [-0.4, -0.2) is 25.2 Å². The Bertz CT molecular complexity index is 911. The number of ether oxygens (including phenoxy) is 2. The molecule has 6 nitrogen and oxygen atoms in total. The number of methoxy groups -OCH3 is 2. The number of benzene rings is 2. The zero-order chi connectivity index (χ0) is 19.4. The zero-order valence-electron chi connectivity index (χ0n) is 15.3. The van der Waals surface area contributed by atoms with E-state index in [1.807, 2.05) is 49.4 Å². The third kappa shape index (κ3) is 4.03. The molecule has 7 heteroatoms. The molecule has 140 valence electrons. The number of hydrogen-bond acceptors (Lipinski definition) is 4. The maximum Gasteiger partial charge on any atom is 0.255 e. The molecule has 1 aliphatic rings. The molecule has 0 saturated heterocycles. The first-order valence-electron chi connectivity index (χ1n) is 8.40. The smallest absolute Gasteiger partial charge is 0.255 e. The number of rotatable bonds is 5. The number of anilines is 1. The first-order valence-corrected chi connectivity index (χ1v) is 8.81. The molecular formula is C20H21N3O3S. The summed E-state index contributed by atoms with van der Waals surface area (Å²) in [7, 11) is 3.19. The van der Waals surface area contributed by atoms with Gasteiger partial charge in [-0.15, -0.1) is 0 Å². The molecule has 27 heavy (non-hydrogen) atoms. The summed E-state index contributed by atoms with van der Waals surface area (Å²) in [5, 5.41) is 9.59. The van der Waals surface area contributed by atoms with Crippen molar-refractivity contribution in [3.05, 3.63) is 65.4 Å². The highest BCUT2D eigenvalue weighted by Gasteiger charge is 2.31. The predicted molar refractivity (Wildman–Crippen MR) is 109 cm³/mol. The van der Waals surface area contributed by atoms with Crippen molar-refractivity contribution in [2.45, 2.75) is 13.0 Å². The molecule has 0 aliphatic carbocycles. The van der Waals surface area contributed by atoms with E-state index in [1.165, 1.54) is 0 Å². The molecule has 1 atom stereocenters. The summed E-state index contributed by atoms with van der Waals surface area (Å²) in [4.78, 5) is 13.1. The first-order chi connectivity index (χ1) is 13.0. The van der Waals surface area contributed by atoms with Gasteiger partial charge >= 0.3 is 0 Å². The number of nitrogens with one attached hydrogen (secondary N) is 3. The van der Waals surface area contributed by atoms with E-state index in [2.05, 4.69) is 16.0 Å². The van der Waals surface area contributed by atoms with Crippen molar-refractivity contribution in [1.29, 1.82) is 0 Å². The largest absolute Gasteiger partial charge is 0.497 e. The van der Waals surface area contributed by atoms with Crippen molar-refractivity contribution in [2.24, 2.45) is 0 Å². The Labute approximate surface area is 163 Å². The summed E-state index contributed by atoms with van der Waals surface area (Å²) in [5.41, 5.74) is 2.71. The molecule has 2 aromatic rings. The van der Waals surface area contributed by atoms with E-state index >= 15 is 0 Å². The van der Waals surface area contributed by atoms with Gasteiger partial charge in [0.1, 0.15) is 11.5 Å². The molecule has 0 aromatic heterocycles. The molecule has 0 spiro atoms. The van der Waals surface area contributed by atoms with Gasteiger partial charge in [0.2, 0.25) is 0 Å². The van der Waals surface area contributed by atoms with E-state index in [-0.39, 0.29) is 5.91 Å². The summed E-state index contributed by atoms with van der Waals surface area (Å²) >= 11 is 5.30. The minimum absolute atomic E-state index is 0.237. The molecule has 2 aromatic carbocycles. The van der Waals surface area contributed by atoms with Crippen LogP contribution in [0.25, 0.3) is 0 Å². The molecule has 0 radical (unpaired) electrons. The van der Waals surface area contributed by atoms with Gasteiger partial charge in [-0.3, -0.25) is 4.79 Å². The lowest BCUT2D eigenvalue weighted by molar-refractivity contribution is -0.113. The standard InChI is InChI=1S/C20H21N3O3S/c1-12-17(19(24)22-13-7-6-8-14(11-13)25-2)18(23-20(27)21-12)15-9-4-5-10-16(15)26-3/h4-11,18H,1-3H3,(H,22,24)(H2,21,23,27)/t18-/m0/s1. The molecule has 1 aliphatic heterocycles. The number of amides is 1. The molecule has 0 saturated carbocycles. The Balaban J connectivity index is 1.97. The Hall–Kier alpha value is -3.06. The minimum atomic E-state index is -0.430. The Kier molecular flexibility index (Phi) is 5.61. The van der Waals surface area contributed by atoms with Gasteiger partial charge in [0.15, 0.2) is 5.11 Å². The maximum absolute atomic E-state index is 13.1. The van der Waals surface area contributed by atoms with Crippen LogP contribution >= 0.6 is 12.2 Å². The predicted octanol–water partition coefficient (Wildman–Crippen LogP) is 3.14. The third-order valence-corrected chi connectivity index (χ3v) is 4.51. The second-order valence-corrected chi connectivity index (χ2v) is 6.41. The Morgan fingerprint density at radius 2 is 1.89 bits per heavy atom. The molecule has 1 amide bonds. The minimum Gasteiger partial charge on any atom is -0.497 e. The SMILES string of the molecule is COc1cccc(NC(=O)C2=C(C)NC(=S)N[C@H]2c2ccccc2OC)c1. The third-order valence-electron chi connectivity index (χ3n) is 4.29. The van der Waals surface area contributed by atoms with Crippen molar-refractivity contribution < 1.29 is 14.3 Å². The highest BCUT2D eigenvalue weighted by molar-refractivity contribution is 7.80. The molecule has 3 N–H and O–H groups in total. The summed E-state index contributed by atoms with van der Waals surface area (Å²) < 4.78 is 10.7. The first kappa shape index (κ1) is 18.7. The van der Waals surface area contributed by atoms with Gasteiger partial charge in [-0.1, -0.05) is 24.3 Å². The number of thiocarbonyl (C=S) groups is 1. The number of carbonyl (C=O) groups excluding carboxylic acids is 1. The Morgan fingerprint density at radius 3 is 2.63 bits per heavy atom. The number of para-hydroxylation sites is 1. The lowest BCUT2D eigenvalue weighted by atomic mass is 9.94. The summed E-state index contributed by atoms with van der Waals surface area (Å²) in [6, 6.07) is 14.3. The number of hydrogen-bond donors (Lipinski definition) is 3. The number of allylic oxidation sites excluding steroid dienone is 1. The Morgan fingerprint density at radius 1 is 1.11 bits per heavy atom. The zero-order valence-corrected chi connectivity index (χ0v) is 16.1. The van der Waals surface area contributed by atoms with E-state index in [0.717, 1.165) is 5.56 Å². The van der Waals surface area contributed by atoms with Crippen molar-refractivity contribution in [3.63, 3.8) is 0 Å². The van der Waals surface area contributed by atoms with Crippen LogP contribution in [0.5, 0.6) is 11.5 Å². The van der Waals surface area contributed by atoms with Crippen LogP contribution in [0.15, 0.2) is 59.8 Å². The molecule has 0 bridgehead atoms. The van der Waals surface area contributed by atoms with Gasteiger partial charge in [0.25, 0.3) is 5.91 Å². The fraction of sp³-hybridized carbons (Fsp3) is 0.200. The van der Waals surface area contributed by atoms with Gasteiger partial charge in [0.05, 0.1) is 25.8 Å². The van der Waals surface area contributed by atoms with Gasteiger partial charge in [0, 0.05) is 23.0 Å². The van der Waals surface area contributed by atoms with Gasteiger partial charge in [-0.25, -0.2) is 0 Å². The van der Waals surface area contributed by atoms with Gasteiger partial charge in [-0.2, -0.15) is 0 Å². The second kappa shape index (κ2) is 8.09. The van der Waals surface area contributed by atoms with E-state index in [4.69, 9.17) is 21.7 Å². The van der Waals surface area contributed by atoms with E-state index in [0.29, 0.717) is 33.6 Å². The highest BCUT2D eigenvalue weighted by Crippen LogP contribution is 2.33. The fourth-order valence-electron chi connectivity index (χ4n) is 3.03. The maximum atomic E-state index is 13.1. The van der Waals surface area contributed by atoms with Crippen LogP contribution in [0, 0.1) is 0 Å². The quantitative estimate of drug-likeness (QED) is 0.689. The molecule has 0 unspecified atom stereocenters. The van der Waals surface area contributed by atoms with Gasteiger partial charge < -0.3 is 25.4 Å². The van der Waals surface area contributed by atoms with Crippen LogP contribution < -0.4 is 25.4 Å². The van der Waals surface area contributed by atoms with Crippen LogP contribution in [0.2, 0.25) is 0 Å². The average Bonchev–Trinajstić information content (AvgIpc) is 2.67.